The normalized spacial score (nSPS) is 24.7. The van der Waals surface area contributed by atoms with Gasteiger partial charge in [0.2, 0.25) is 11.8 Å². The number of ether oxygens (including phenoxy) is 2. The van der Waals surface area contributed by atoms with Crippen LogP contribution in [0.1, 0.15) is 120 Å². The maximum Gasteiger partial charge on any atom is 0.303 e. The van der Waals surface area contributed by atoms with Crippen molar-refractivity contribution in [2.75, 3.05) is 6.54 Å². The van der Waals surface area contributed by atoms with Crippen LogP contribution < -0.4 is 10.6 Å². The Hall–Kier alpha value is -4.09. The van der Waals surface area contributed by atoms with Crippen molar-refractivity contribution in [1.82, 2.24) is 15.5 Å². The molecule has 0 bridgehead atoms. The zero-order valence-corrected chi connectivity index (χ0v) is 32.0. The molecule has 0 spiro atoms. The van der Waals surface area contributed by atoms with E-state index >= 15 is 0 Å². The zero-order valence-electron chi connectivity index (χ0n) is 32.0. The quantitative estimate of drug-likeness (QED) is 0.145. The van der Waals surface area contributed by atoms with Crippen LogP contribution in [0.3, 0.4) is 0 Å². The molecule has 54 heavy (non-hydrogen) atoms. The van der Waals surface area contributed by atoms with E-state index in [4.69, 9.17) is 14.6 Å². The van der Waals surface area contributed by atoms with E-state index in [9.17, 15) is 19.5 Å². The number of likely N-dealkylation sites (tertiary alicyclic amines) is 1. The van der Waals surface area contributed by atoms with Gasteiger partial charge < -0.3 is 30.3 Å². The first-order chi connectivity index (χ1) is 26.0. The fourth-order valence-electron chi connectivity index (χ4n) is 8.45. The van der Waals surface area contributed by atoms with Crippen LogP contribution in [0, 0.1) is 5.92 Å². The molecule has 3 fully saturated rings. The lowest BCUT2D eigenvalue weighted by molar-refractivity contribution is -0.255. The molecule has 2 amide bonds. The number of benzene rings is 3. The van der Waals surface area contributed by atoms with Gasteiger partial charge in [0.15, 0.2) is 6.29 Å². The predicted octanol–water partition coefficient (Wildman–Crippen LogP) is 7.20. The summed E-state index contributed by atoms with van der Waals surface area (Å²) < 4.78 is 13.6. The number of carboxylic acid groups (broad SMARTS) is 1. The van der Waals surface area contributed by atoms with Gasteiger partial charge in [0.05, 0.1) is 24.9 Å². The number of hydrogen-bond acceptors (Lipinski definition) is 7. The number of rotatable bonds is 13. The van der Waals surface area contributed by atoms with Gasteiger partial charge in [0.1, 0.15) is 0 Å². The summed E-state index contributed by atoms with van der Waals surface area (Å²) in [6.07, 6.45) is 6.69. The van der Waals surface area contributed by atoms with E-state index in [0.717, 1.165) is 52.6 Å². The molecule has 10 nitrogen and oxygen atoms in total. The summed E-state index contributed by atoms with van der Waals surface area (Å²) in [7, 11) is 0. The summed E-state index contributed by atoms with van der Waals surface area (Å²) in [5, 5.41) is 24.8. The Balaban J connectivity index is 1.22. The van der Waals surface area contributed by atoms with Crippen molar-refractivity contribution < 1.29 is 34.1 Å². The largest absolute Gasteiger partial charge is 0.481 e. The third kappa shape index (κ3) is 10.4. The lowest BCUT2D eigenvalue weighted by Crippen LogP contribution is -2.61. The molecule has 1 saturated carbocycles. The van der Waals surface area contributed by atoms with Crippen LogP contribution in [0.5, 0.6) is 0 Å². The van der Waals surface area contributed by atoms with E-state index in [-0.39, 0.29) is 55.1 Å². The van der Waals surface area contributed by atoms with Gasteiger partial charge in [-0.15, -0.1) is 0 Å². The monoisotopic (exact) mass is 739 g/mol. The Morgan fingerprint density at radius 1 is 0.852 bits per heavy atom. The molecule has 1 aliphatic carbocycles. The Morgan fingerprint density at radius 2 is 1.57 bits per heavy atom. The van der Waals surface area contributed by atoms with Gasteiger partial charge in [-0.3, -0.25) is 19.3 Å². The molecule has 2 aliphatic heterocycles. The highest BCUT2D eigenvalue weighted by atomic mass is 16.7. The van der Waals surface area contributed by atoms with Gasteiger partial charge in [0, 0.05) is 49.5 Å². The highest BCUT2D eigenvalue weighted by Crippen LogP contribution is 2.42. The molecular formula is C44H57N3O7. The van der Waals surface area contributed by atoms with Crippen molar-refractivity contribution >= 4 is 17.8 Å². The summed E-state index contributed by atoms with van der Waals surface area (Å²) in [4.78, 5) is 39.5. The van der Waals surface area contributed by atoms with Crippen molar-refractivity contribution in [3.63, 3.8) is 0 Å². The van der Waals surface area contributed by atoms with E-state index in [2.05, 4.69) is 15.5 Å². The van der Waals surface area contributed by atoms with E-state index in [1.165, 1.54) is 19.3 Å². The van der Waals surface area contributed by atoms with Crippen LogP contribution >= 0.6 is 0 Å². The number of aliphatic hydroxyl groups is 1. The number of carbonyl (C=O) groups excluding carboxylic acids is 2. The number of aliphatic carboxylic acids is 1. The first-order valence-corrected chi connectivity index (χ1v) is 19.7. The number of nitrogens with zero attached hydrogens (tertiary/aromatic N) is 1. The van der Waals surface area contributed by atoms with Gasteiger partial charge in [-0.25, -0.2) is 0 Å². The molecule has 2 heterocycles. The van der Waals surface area contributed by atoms with Crippen molar-refractivity contribution in [2.24, 2.45) is 5.92 Å². The lowest BCUT2D eigenvalue weighted by atomic mass is 9.75. The number of carboxylic acids is 1. The molecule has 0 radical (unpaired) electrons. The number of carbonyl (C=O) groups is 3. The minimum atomic E-state index is -0.905. The summed E-state index contributed by atoms with van der Waals surface area (Å²) in [5.41, 5.74) is 5.38. The van der Waals surface area contributed by atoms with Crippen molar-refractivity contribution in [2.45, 2.75) is 134 Å². The van der Waals surface area contributed by atoms with Crippen molar-refractivity contribution in [3.8, 4) is 11.1 Å². The Kier molecular flexibility index (Phi) is 13.2. The highest BCUT2D eigenvalue weighted by Gasteiger charge is 2.44. The second-order valence-corrected chi connectivity index (χ2v) is 16.3. The third-order valence-corrected chi connectivity index (χ3v) is 11.1. The van der Waals surface area contributed by atoms with E-state index < -0.39 is 12.3 Å². The molecule has 10 heteroatoms. The average Bonchev–Trinajstić information content (AvgIpc) is 3.16. The standard InChI is InChI=1S/C44H57N3O7/c1-44(2,3)46-42(52)38-24-23-31-9-5-7-12-37(31)47(38)27-35-25-39(32-17-15-29(28-48)16-18-32)54-43(53-35)33-21-19-30(20-22-33)36-11-6-4-10-34(36)26-45-40(49)13-8-14-41(50)51/h4,6,10-11,15-22,31,35,37-39,43,48H,5,7-9,12-14,23-28H2,1-3H3,(H,45,49)(H,46,52)(H,50,51)/t31-,35-,37-,38-,39+,43+/m1/s1. The number of piperidine rings is 1. The van der Waals surface area contributed by atoms with Crippen LogP contribution in [0.4, 0.5) is 0 Å². The Morgan fingerprint density at radius 3 is 2.30 bits per heavy atom. The van der Waals surface area contributed by atoms with Crippen LogP contribution in [-0.2, 0) is 37.0 Å². The minimum Gasteiger partial charge on any atom is -0.481 e. The lowest BCUT2D eigenvalue weighted by Gasteiger charge is -2.50. The molecule has 3 aromatic carbocycles. The number of hydrogen-bond donors (Lipinski definition) is 4. The first-order valence-electron chi connectivity index (χ1n) is 19.7. The SMILES string of the molecule is CC(C)(C)NC(=O)[C@H]1CC[C@H]2CCCC[C@H]2N1C[C@H]1C[C@@H](c2ccc(CO)cc2)O[C@@H](c2ccc(-c3ccccc3CNC(=O)CCCC(=O)O)cc2)O1. The Bertz CT molecular complexity index is 1720. The van der Waals surface area contributed by atoms with Gasteiger partial charge in [0.25, 0.3) is 0 Å². The van der Waals surface area contributed by atoms with E-state index in [1.54, 1.807) is 0 Å². The molecule has 4 N–H and O–H groups in total. The zero-order chi connectivity index (χ0) is 38.2. The molecule has 6 rings (SSSR count). The number of amides is 2. The number of fused-ring (bicyclic) bond motifs is 1. The number of aliphatic hydroxyl groups excluding tert-OH is 1. The summed E-state index contributed by atoms with van der Waals surface area (Å²) in [6.45, 7) is 7.07. The average molecular weight is 740 g/mol. The fourth-order valence-corrected chi connectivity index (χ4v) is 8.45. The molecule has 290 valence electrons. The third-order valence-electron chi connectivity index (χ3n) is 11.1. The van der Waals surface area contributed by atoms with Crippen molar-refractivity contribution in [1.29, 1.82) is 0 Å². The van der Waals surface area contributed by atoms with Crippen LogP contribution in [0.25, 0.3) is 11.1 Å². The maximum atomic E-state index is 13.8. The summed E-state index contributed by atoms with van der Waals surface area (Å²) >= 11 is 0. The molecular weight excluding hydrogens is 682 g/mol. The van der Waals surface area contributed by atoms with Gasteiger partial charge in [-0.1, -0.05) is 85.6 Å². The van der Waals surface area contributed by atoms with Gasteiger partial charge in [-0.05, 0) is 86.6 Å². The van der Waals surface area contributed by atoms with Gasteiger partial charge in [-0.2, -0.15) is 0 Å². The first kappa shape index (κ1) is 39.6. The summed E-state index contributed by atoms with van der Waals surface area (Å²) in [5.74, 6) is -0.388. The Labute approximate surface area is 319 Å². The highest BCUT2D eigenvalue weighted by molar-refractivity contribution is 5.82. The molecule has 3 aliphatic rings. The number of nitrogens with one attached hydrogen (secondary N) is 2. The van der Waals surface area contributed by atoms with E-state index in [0.29, 0.717) is 37.9 Å². The van der Waals surface area contributed by atoms with Gasteiger partial charge >= 0.3 is 5.97 Å². The van der Waals surface area contributed by atoms with Crippen LogP contribution in [-0.4, -0.2) is 63.2 Å². The molecule has 3 aromatic rings. The second kappa shape index (κ2) is 18.0. The second-order valence-electron chi connectivity index (χ2n) is 16.3. The molecule has 0 aromatic heterocycles. The fraction of sp³-hybridized carbons (Fsp3) is 0.523. The molecule has 0 unspecified atom stereocenters. The van der Waals surface area contributed by atoms with Crippen LogP contribution in [0.15, 0.2) is 72.8 Å². The smallest absolute Gasteiger partial charge is 0.303 e. The van der Waals surface area contributed by atoms with E-state index in [1.807, 2.05) is 93.6 Å². The van der Waals surface area contributed by atoms with Crippen LogP contribution in [0.2, 0.25) is 0 Å². The predicted molar refractivity (Wildman–Crippen MR) is 207 cm³/mol. The van der Waals surface area contributed by atoms with Crippen molar-refractivity contribution in [3.05, 3.63) is 95.1 Å². The molecule has 6 atom stereocenters. The molecule has 2 saturated heterocycles. The maximum absolute atomic E-state index is 13.8. The topological polar surface area (TPSA) is 137 Å². The minimum absolute atomic E-state index is 0.0235. The summed E-state index contributed by atoms with van der Waals surface area (Å²) in [6, 6.07) is 24.2.